The van der Waals surface area contributed by atoms with Gasteiger partial charge in [-0.05, 0) is 0 Å². The molecule has 0 aliphatic heterocycles. The summed E-state index contributed by atoms with van der Waals surface area (Å²) in [5.74, 6) is 0. The van der Waals surface area contributed by atoms with E-state index >= 15 is 0 Å². The molecule has 0 spiro atoms. The molecule has 0 rings (SSSR count). The van der Waals surface area contributed by atoms with Crippen molar-refractivity contribution in [3.63, 3.8) is 0 Å². The van der Waals surface area contributed by atoms with E-state index in [1.54, 1.807) is 0 Å². The van der Waals surface area contributed by atoms with Crippen LogP contribution in [0.1, 0.15) is 19.8 Å². The molecule has 2 N–H and O–H groups in total. The van der Waals surface area contributed by atoms with Crippen LogP contribution in [-0.4, -0.2) is 36.5 Å². The standard InChI is InChI=1S/C5H10O2Se/c1-2-3-4(6)5(7)8/h4,6H,2-3H2,1H3,(H,7,8)/t4-/m1/s1. The first-order chi connectivity index (χ1) is 3.68. The Morgan fingerprint density at radius 1 is 1.75 bits per heavy atom. The topological polar surface area (TPSA) is 40.5 Å². The van der Waals surface area contributed by atoms with Crippen molar-refractivity contribution in [2.45, 2.75) is 25.9 Å². The molecule has 0 aromatic carbocycles. The van der Waals surface area contributed by atoms with E-state index in [1.165, 1.54) is 0 Å². The second-order valence-corrected chi connectivity index (χ2v) is 2.52. The predicted molar refractivity (Wildman–Crippen MR) is 33.6 cm³/mol. The third-order valence-electron chi connectivity index (χ3n) is 0.847. The first-order valence-corrected chi connectivity index (χ1v) is 3.45. The molecule has 0 aliphatic rings. The van der Waals surface area contributed by atoms with E-state index in [0.717, 1.165) is 6.42 Å². The average Bonchev–Trinajstić information content (AvgIpc) is 1.67. The van der Waals surface area contributed by atoms with Gasteiger partial charge in [0.25, 0.3) is 0 Å². The van der Waals surface area contributed by atoms with Crippen LogP contribution in [0.4, 0.5) is 0 Å². The molecule has 0 saturated heterocycles. The monoisotopic (exact) mass is 182 g/mol. The molecule has 0 radical (unpaired) electrons. The van der Waals surface area contributed by atoms with E-state index in [-0.39, 0.29) is 4.60 Å². The Hall–Kier alpha value is 0.149. The van der Waals surface area contributed by atoms with Crippen LogP contribution in [0, 0.1) is 0 Å². The quantitative estimate of drug-likeness (QED) is 0.593. The minimum absolute atomic E-state index is 0.00755. The molecule has 0 fully saturated rings. The van der Waals surface area contributed by atoms with Gasteiger partial charge in [-0.25, -0.2) is 0 Å². The Kier molecular flexibility index (Phi) is 4.15. The van der Waals surface area contributed by atoms with Gasteiger partial charge in [-0.1, -0.05) is 0 Å². The third kappa shape index (κ3) is 3.19. The van der Waals surface area contributed by atoms with E-state index in [4.69, 9.17) is 10.2 Å². The van der Waals surface area contributed by atoms with E-state index in [9.17, 15) is 0 Å². The molecule has 2 nitrogen and oxygen atoms in total. The first-order valence-electron chi connectivity index (χ1n) is 2.59. The van der Waals surface area contributed by atoms with Crippen LogP contribution in [0.25, 0.3) is 0 Å². The molecular formula is C5H10O2Se. The zero-order valence-corrected chi connectivity index (χ0v) is 6.51. The molecule has 48 valence electrons. The van der Waals surface area contributed by atoms with E-state index in [2.05, 4.69) is 15.6 Å². The summed E-state index contributed by atoms with van der Waals surface area (Å²) in [7, 11) is 0. The molecule has 0 aromatic rings. The maximum absolute atomic E-state index is 8.81. The van der Waals surface area contributed by atoms with Crippen LogP contribution < -0.4 is 0 Å². The number of hydrogen-bond acceptors (Lipinski definition) is 2. The van der Waals surface area contributed by atoms with Crippen molar-refractivity contribution in [1.29, 1.82) is 0 Å². The van der Waals surface area contributed by atoms with Crippen LogP contribution >= 0.6 is 0 Å². The Bertz CT molecular complexity index is 82.5. The summed E-state index contributed by atoms with van der Waals surface area (Å²) < 4.78 is -0.00755. The molecule has 1 atom stereocenters. The van der Waals surface area contributed by atoms with Gasteiger partial charge in [0.1, 0.15) is 0 Å². The Morgan fingerprint density at radius 3 is 2.38 bits per heavy atom. The summed E-state index contributed by atoms with van der Waals surface area (Å²) in [6.07, 6.45) is 0.839. The summed E-state index contributed by atoms with van der Waals surface area (Å²) in [5.41, 5.74) is 0. The molecule has 0 unspecified atom stereocenters. The molecule has 0 heterocycles. The van der Waals surface area contributed by atoms with Gasteiger partial charge in [-0.3, -0.25) is 0 Å². The molecule has 8 heavy (non-hydrogen) atoms. The first kappa shape index (κ1) is 8.15. The zero-order chi connectivity index (χ0) is 6.57. The SMILES string of the molecule is CCC[C@@H](O)C(O)=[Se]. The van der Waals surface area contributed by atoms with Crippen LogP contribution in [0.5, 0.6) is 0 Å². The van der Waals surface area contributed by atoms with E-state index in [0.29, 0.717) is 6.42 Å². The van der Waals surface area contributed by atoms with Crippen molar-refractivity contribution in [3.8, 4) is 0 Å². The summed E-state index contributed by atoms with van der Waals surface area (Å²) in [6.45, 7) is 1.95. The molecule has 0 aromatic heterocycles. The van der Waals surface area contributed by atoms with Gasteiger partial charge < -0.3 is 0 Å². The Balaban J connectivity index is 3.32. The molecule has 0 bridgehead atoms. The van der Waals surface area contributed by atoms with Crippen molar-refractivity contribution in [1.82, 2.24) is 0 Å². The Morgan fingerprint density at radius 2 is 2.25 bits per heavy atom. The molecular weight excluding hydrogens is 171 g/mol. The van der Waals surface area contributed by atoms with Crippen LogP contribution in [0.15, 0.2) is 0 Å². The number of hydrogen-bond donors (Lipinski definition) is 2. The van der Waals surface area contributed by atoms with Crippen molar-refractivity contribution in [2.24, 2.45) is 0 Å². The summed E-state index contributed by atoms with van der Waals surface area (Å²) in [4.78, 5) is 0. The van der Waals surface area contributed by atoms with Gasteiger partial charge in [-0.15, -0.1) is 0 Å². The molecule has 0 aliphatic carbocycles. The zero-order valence-electron chi connectivity index (χ0n) is 4.79. The van der Waals surface area contributed by atoms with Gasteiger partial charge in [0.05, 0.1) is 0 Å². The second kappa shape index (κ2) is 4.07. The van der Waals surface area contributed by atoms with Crippen molar-refractivity contribution in [2.75, 3.05) is 0 Å². The molecule has 3 heteroatoms. The van der Waals surface area contributed by atoms with Crippen molar-refractivity contribution in [3.05, 3.63) is 0 Å². The third-order valence-corrected chi connectivity index (χ3v) is 1.42. The fraction of sp³-hybridized carbons (Fsp3) is 0.800. The normalized spacial score (nSPS) is 13.2. The van der Waals surface area contributed by atoms with Crippen LogP contribution in [0.3, 0.4) is 0 Å². The second-order valence-electron chi connectivity index (χ2n) is 1.64. The van der Waals surface area contributed by atoms with E-state index in [1.807, 2.05) is 6.92 Å². The summed E-state index contributed by atoms with van der Waals surface area (Å²) in [5, 5.41) is 17.4. The maximum atomic E-state index is 8.81. The molecule has 0 amide bonds. The number of aliphatic hydroxyl groups is 2. The van der Waals surface area contributed by atoms with Gasteiger partial charge in [-0.2, -0.15) is 0 Å². The minimum atomic E-state index is -0.667. The van der Waals surface area contributed by atoms with Crippen LogP contribution in [0.2, 0.25) is 0 Å². The Labute approximate surface area is 56.9 Å². The number of rotatable bonds is 3. The van der Waals surface area contributed by atoms with Crippen molar-refractivity contribution < 1.29 is 10.2 Å². The summed E-state index contributed by atoms with van der Waals surface area (Å²) in [6, 6.07) is 0. The van der Waals surface area contributed by atoms with Crippen LogP contribution in [-0.2, 0) is 0 Å². The van der Waals surface area contributed by atoms with Gasteiger partial charge >= 0.3 is 56.3 Å². The van der Waals surface area contributed by atoms with Gasteiger partial charge in [0.2, 0.25) is 0 Å². The van der Waals surface area contributed by atoms with Crippen molar-refractivity contribution >= 4 is 20.2 Å². The fourth-order valence-electron chi connectivity index (χ4n) is 0.397. The molecule has 0 saturated carbocycles. The predicted octanol–water partition coefficient (Wildman–Crippen LogP) is -0.182. The number of aliphatic hydroxyl groups excluding tert-OH is 2. The van der Waals surface area contributed by atoms with Gasteiger partial charge in [0, 0.05) is 0 Å². The van der Waals surface area contributed by atoms with E-state index < -0.39 is 6.10 Å². The average molecular weight is 181 g/mol. The summed E-state index contributed by atoms with van der Waals surface area (Å²) >= 11 is 2.35. The fourth-order valence-corrected chi connectivity index (χ4v) is 0.644. The van der Waals surface area contributed by atoms with Gasteiger partial charge in [0.15, 0.2) is 0 Å².